The largest absolute Gasteiger partial charge is 0.382 e. The molecule has 0 saturated carbocycles. The Morgan fingerprint density at radius 2 is 1.81 bits per heavy atom. The van der Waals surface area contributed by atoms with E-state index in [1.165, 1.54) is 4.31 Å². The fourth-order valence-electron chi connectivity index (χ4n) is 3.29. The molecule has 0 bridgehead atoms. The van der Waals surface area contributed by atoms with Crippen LogP contribution < -0.4 is 0 Å². The minimum atomic E-state index is -3.51. The molecule has 1 heterocycles. The normalized spacial score (nSPS) is 11.8. The maximum Gasteiger partial charge on any atom is 0.238 e. The Morgan fingerprint density at radius 3 is 2.44 bits per heavy atom. The Morgan fingerprint density at radius 1 is 1.06 bits per heavy atom. The van der Waals surface area contributed by atoms with Gasteiger partial charge in [0.25, 0.3) is 0 Å². The van der Waals surface area contributed by atoms with Gasteiger partial charge in [-0.05, 0) is 49.3 Å². The average molecular weight is 481 g/mol. The number of hydrogen-bond donors (Lipinski definition) is 0. The zero-order chi connectivity index (χ0) is 23.4. The minimum absolute atomic E-state index is 0.0636. The van der Waals surface area contributed by atoms with E-state index in [0.717, 1.165) is 22.4 Å². The van der Waals surface area contributed by atoms with E-state index in [0.29, 0.717) is 39.1 Å². The highest BCUT2D eigenvalue weighted by Crippen LogP contribution is 2.20. The summed E-state index contributed by atoms with van der Waals surface area (Å²) in [6.45, 7) is 8.03. The van der Waals surface area contributed by atoms with Crippen molar-refractivity contribution in [2.75, 3.05) is 32.1 Å². The van der Waals surface area contributed by atoms with Gasteiger partial charge in [-0.2, -0.15) is 4.31 Å². The van der Waals surface area contributed by atoms with Crippen LogP contribution in [-0.4, -0.2) is 55.6 Å². The van der Waals surface area contributed by atoms with Crippen LogP contribution in [0, 0.1) is 6.92 Å². The van der Waals surface area contributed by atoms with Gasteiger partial charge in [0.2, 0.25) is 15.9 Å². The second kappa shape index (κ2) is 13.7. The molecule has 6 nitrogen and oxygen atoms in total. The Kier molecular flexibility index (Phi) is 11.4. The molecule has 0 unspecified atom stereocenters. The van der Waals surface area contributed by atoms with Gasteiger partial charge in [-0.1, -0.05) is 43.7 Å². The van der Waals surface area contributed by atoms with E-state index in [2.05, 4.69) is 0 Å². The number of amides is 1. The first-order chi connectivity index (χ1) is 15.4. The fourth-order valence-corrected chi connectivity index (χ4v) is 5.83. The number of carbonyl (C=O) groups excluding carboxylic acids is 1. The van der Waals surface area contributed by atoms with Gasteiger partial charge in [-0.25, -0.2) is 8.42 Å². The van der Waals surface area contributed by atoms with E-state index in [1.54, 1.807) is 16.2 Å². The van der Waals surface area contributed by atoms with E-state index in [4.69, 9.17) is 4.74 Å². The summed E-state index contributed by atoms with van der Waals surface area (Å²) in [7, 11) is -3.51. The summed E-state index contributed by atoms with van der Waals surface area (Å²) in [5.41, 5.74) is 2.16. The van der Waals surface area contributed by atoms with E-state index < -0.39 is 10.0 Å². The average Bonchev–Trinajstić information content (AvgIpc) is 3.18. The maximum absolute atomic E-state index is 13.4. The third-order valence-electron chi connectivity index (χ3n) is 5.23. The lowest BCUT2D eigenvalue weighted by Crippen LogP contribution is -2.43. The molecule has 1 amide bonds. The van der Waals surface area contributed by atoms with Gasteiger partial charge in [0.05, 0.1) is 18.8 Å². The summed E-state index contributed by atoms with van der Waals surface area (Å²) in [4.78, 5) is 16.3. The van der Waals surface area contributed by atoms with Crippen molar-refractivity contribution in [1.82, 2.24) is 9.21 Å². The molecule has 0 aliphatic carbocycles. The molecular weight excluding hydrogens is 444 g/mol. The molecule has 2 rings (SSSR count). The summed E-state index contributed by atoms with van der Waals surface area (Å²) >= 11 is 1.62. The van der Waals surface area contributed by atoms with Crippen LogP contribution in [0.5, 0.6) is 0 Å². The molecule has 0 N–H and O–H groups in total. The van der Waals surface area contributed by atoms with Crippen molar-refractivity contribution in [1.29, 1.82) is 0 Å². The second-order valence-corrected chi connectivity index (χ2v) is 10.9. The molecule has 0 saturated heterocycles. The van der Waals surface area contributed by atoms with Crippen LogP contribution in [0.2, 0.25) is 0 Å². The van der Waals surface area contributed by atoms with Gasteiger partial charge in [0.15, 0.2) is 0 Å². The highest BCUT2D eigenvalue weighted by Gasteiger charge is 2.26. The summed E-state index contributed by atoms with van der Waals surface area (Å²) in [5, 5.41) is 2.02. The molecule has 0 spiro atoms. The molecule has 2 aromatic rings. The van der Waals surface area contributed by atoms with Crippen molar-refractivity contribution in [2.24, 2.45) is 0 Å². The van der Waals surface area contributed by atoms with Gasteiger partial charge in [-0.15, -0.1) is 11.3 Å². The Hall–Kier alpha value is -1.74. The lowest BCUT2D eigenvalue weighted by Gasteiger charge is -2.27. The van der Waals surface area contributed by atoms with E-state index in [9.17, 15) is 13.2 Å². The summed E-state index contributed by atoms with van der Waals surface area (Å²) in [6, 6.07) is 11.9. The highest BCUT2D eigenvalue weighted by atomic mass is 32.2. The van der Waals surface area contributed by atoms with Crippen LogP contribution in [0.3, 0.4) is 0 Å². The first kappa shape index (κ1) is 26.5. The number of ether oxygens (including phenoxy) is 1. The quantitative estimate of drug-likeness (QED) is 0.353. The minimum Gasteiger partial charge on any atom is -0.382 e. The van der Waals surface area contributed by atoms with Crippen LogP contribution in [0.15, 0.2) is 41.8 Å². The van der Waals surface area contributed by atoms with Crippen molar-refractivity contribution >= 4 is 27.3 Å². The highest BCUT2D eigenvalue weighted by molar-refractivity contribution is 7.89. The fraction of sp³-hybridized carbons (Fsp3) is 0.542. The van der Waals surface area contributed by atoms with Gasteiger partial charge in [0, 0.05) is 31.2 Å². The lowest BCUT2D eigenvalue weighted by atomic mass is 10.2. The monoisotopic (exact) mass is 480 g/mol. The first-order valence-corrected chi connectivity index (χ1v) is 13.8. The summed E-state index contributed by atoms with van der Waals surface area (Å²) in [5.74, 6) is -0.119. The molecular formula is C24H36N2O4S2. The molecule has 8 heteroatoms. The molecule has 178 valence electrons. The van der Waals surface area contributed by atoms with Crippen molar-refractivity contribution in [3.63, 3.8) is 0 Å². The number of unbranched alkanes of at least 4 members (excludes halogenated alkanes) is 1. The summed E-state index contributed by atoms with van der Waals surface area (Å²) in [6.07, 6.45) is 1.94. The van der Waals surface area contributed by atoms with Gasteiger partial charge < -0.3 is 9.64 Å². The SMILES string of the molecule is CCCCS(=O)(=O)N(CCCOCC)CC(=O)N(Cc1ccccc1)Cc1sccc1C. The van der Waals surface area contributed by atoms with Crippen LogP contribution in [0.25, 0.3) is 0 Å². The van der Waals surface area contributed by atoms with Crippen LogP contribution >= 0.6 is 11.3 Å². The smallest absolute Gasteiger partial charge is 0.238 e. The predicted molar refractivity (Wildman–Crippen MR) is 131 cm³/mol. The van der Waals surface area contributed by atoms with Gasteiger partial charge in [-0.3, -0.25) is 4.79 Å². The number of aryl methyl sites for hydroxylation is 1. The molecule has 0 aliphatic heterocycles. The van der Waals surface area contributed by atoms with E-state index in [1.807, 2.05) is 62.5 Å². The first-order valence-electron chi connectivity index (χ1n) is 11.3. The molecule has 1 aromatic heterocycles. The van der Waals surface area contributed by atoms with Crippen molar-refractivity contribution < 1.29 is 17.9 Å². The molecule has 0 radical (unpaired) electrons. The molecule has 1 aromatic carbocycles. The second-order valence-electron chi connectivity index (χ2n) is 7.82. The number of hydrogen-bond acceptors (Lipinski definition) is 5. The number of sulfonamides is 1. The van der Waals surface area contributed by atoms with E-state index >= 15 is 0 Å². The maximum atomic E-state index is 13.4. The molecule has 32 heavy (non-hydrogen) atoms. The van der Waals surface area contributed by atoms with E-state index in [-0.39, 0.29) is 24.7 Å². The standard InChI is InChI=1S/C24H36N2O4S2/c1-4-6-17-32(28,29)26(14-10-15-30-5-2)20-24(27)25(18-22-11-8-7-9-12-22)19-23-21(3)13-16-31-23/h7-9,11-13,16H,4-6,10,14-15,17-20H2,1-3H3. The lowest BCUT2D eigenvalue weighted by molar-refractivity contribution is -0.132. The van der Waals surface area contributed by atoms with Gasteiger partial charge >= 0.3 is 0 Å². The Labute approximate surface area is 197 Å². The number of carbonyl (C=O) groups is 1. The van der Waals surface area contributed by atoms with Crippen molar-refractivity contribution in [3.8, 4) is 0 Å². The molecule has 0 atom stereocenters. The van der Waals surface area contributed by atoms with Crippen LogP contribution in [0.1, 0.15) is 49.1 Å². The van der Waals surface area contributed by atoms with Crippen LogP contribution in [-0.2, 0) is 32.6 Å². The predicted octanol–water partition coefficient (Wildman–Crippen LogP) is 4.44. The third-order valence-corrected chi connectivity index (χ3v) is 8.14. The Balaban J connectivity index is 2.19. The molecule has 0 fully saturated rings. The summed E-state index contributed by atoms with van der Waals surface area (Å²) < 4.78 is 32.6. The van der Waals surface area contributed by atoms with Crippen LogP contribution in [0.4, 0.5) is 0 Å². The number of rotatable bonds is 15. The zero-order valence-corrected chi connectivity index (χ0v) is 21.1. The Bertz CT molecular complexity index is 913. The van der Waals surface area contributed by atoms with Crippen molar-refractivity contribution in [3.05, 3.63) is 57.8 Å². The topological polar surface area (TPSA) is 66.9 Å². The molecule has 0 aliphatic rings. The number of thiophene rings is 1. The third kappa shape index (κ3) is 8.65. The number of benzene rings is 1. The number of nitrogens with zero attached hydrogens (tertiary/aromatic N) is 2. The van der Waals surface area contributed by atoms with Crippen molar-refractivity contribution in [2.45, 2.75) is 53.1 Å². The zero-order valence-electron chi connectivity index (χ0n) is 19.5. The van der Waals surface area contributed by atoms with Gasteiger partial charge in [0.1, 0.15) is 0 Å².